The van der Waals surface area contributed by atoms with Gasteiger partial charge in [-0.1, -0.05) is 0 Å². The number of benzene rings is 1. The molecule has 8 nitrogen and oxygen atoms in total. The maximum Gasteiger partial charge on any atom is 0.337 e. The SMILES string of the molecule is COC(=O)c1ccc(Nc2cc(C(=O)NCCN(C)C)nc(C)n2)cc1. The molecular formula is C18H23N5O3. The molecule has 2 rings (SSSR count). The minimum Gasteiger partial charge on any atom is -0.465 e. The lowest BCUT2D eigenvalue weighted by molar-refractivity contribution is 0.0600. The van der Waals surface area contributed by atoms with Crippen molar-refractivity contribution in [3.63, 3.8) is 0 Å². The van der Waals surface area contributed by atoms with Crippen molar-refractivity contribution in [2.75, 3.05) is 39.6 Å². The number of nitrogens with zero attached hydrogens (tertiary/aromatic N) is 3. The number of hydrogen-bond acceptors (Lipinski definition) is 7. The number of ether oxygens (including phenoxy) is 1. The van der Waals surface area contributed by atoms with E-state index in [-0.39, 0.29) is 5.91 Å². The lowest BCUT2D eigenvalue weighted by Crippen LogP contribution is -2.32. The van der Waals surface area contributed by atoms with Gasteiger partial charge in [0.1, 0.15) is 17.3 Å². The van der Waals surface area contributed by atoms with Crippen LogP contribution in [0.3, 0.4) is 0 Å². The van der Waals surface area contributed by atoms with Crippen LogP contribution in [-0.4, -0.2) is 61.0 Å². The molecule has 0 spiro atoms. The minimum absolute atomic E-state index is 0.249. The van der Waals surface area contributed by atoms with Crippen molar-refractivity contribution < 1.29 is 14.3 Å². The first kappa shape index (κ1) is 19.3. The third kappa shape index (κ3) is 5.52. The van der Waals surface area contributed by atoms with Crippen LogP contribution in [0.25, 0.3) is 0 Å². The Labute approximate surface area is 152 Å². The van der Waals surface area contributed by atoms with E-state index in [9.17, 15) is 9.59 Å². The Kier molecular flexibility index (Phi) is 6.62. The molecule has 0 saturated carbocycles. The number of aromatic nitrogens is 2. The Balaban J connectivity index is 2.09. The number of methoxy groups -OCH3 is 1. The normalized spacial score (nSPS) is 10.5. The number of aryl methyl sites for hydroxylation is 1. The van der Waals surface area contributed by atoms with Gasteiger partial charge in [-0.05, 0) is 45.3 Å². The first-order valence-corrected chi connectivity index (χ1v) is 8.13. The van der Waals surface area contributed by atoms with Gasteiger partial charge in [0.15, 0.2) is 0 Å². The summed E-state index contributed by atoms with van der Waals surface area (Å²) in [5.74, 6) is 0.340. The molecule has 0 fully saturated rings. The average molecular weight is 357 g/mol. The predicted molar refractivity (Wildman–Crippen MR) is 98.7 cm³/mol. The molecule has 2 aromatic rings. The molecular weight excluding hydrogens is 334 g/mol. The Hall–Kier alpha value is -3.00. The second-order valence-corrected chi connectivity index (χ2v) is 5.94. The first-order valence-electron chi connectivity index (χ1n) is 8.13. The molecule has 0 atom stereocenters. The molecule has 0 aliphatic carbocycles. The Bertz CT molecular complexity index is 775. The largest absolute Gasteiger partial charge is 0.465 e. The first-order chi connectivity index (χ1) is 12.4. The predicted octanol–water partition coefficient (Wildman–Crippen LogP) is 1.61. The highest BCUT2D eigenvalue weighted by molar-refractivity contribution is 5.93. The highest BCUT2D eigenvalue weighted by atomic mass is 16.5. The zero-order valence-corrected chi connectivity index (χ0v) is 15.4. The van der Waals surface area contributed by atoms with Gasteiger partial charge in [0.05, 0.1) is 12.7 Å². The molecule has 0 radical (unpaired) electrons. The quantitative estimate of drug-likeness (QED) is 0.727. The van der Waals surface area contributed by atoms with Crippen LogP contribution in [0.1, 0.15) is 26.7 Å². The van der Waals surface area contributed by atoms with Crippen LogP contribution in [-0.2, 0) is 4.74 Å². The lowest BCUT2D eigenvalue weighted by Gasteiger charge is -2.11. The van der Waals surface area contributed by atoms with Crippen LogP contribution < -0.4 is 10.6 Å². The molecule has 138 valence electrons. The van der Waals surface area contributed by atoms with Crippen molar-refractivity contribution in [1.82, 2.24) is 20.2 Å². The van der Waals surface area contributed by atoms with E-state index in [2.05, 4.69) is 25.3 Å². The summed E-state index contributed by atoms with van der Waals surface area (Å²) in [6.07, 6.45) is 0. The molecule has 1 amide bonds. The number of amides is 1. The van der Waals surface area contributed by atoms with Crippen LogP contribution in [0.4, 0.5) is 11.5 Å². The number of esters is 1. The summed E-state index contributed by atoms with van der Waals surface area (Å²) < 4.78 is 4.67. The minimum atomic E-state index is -0.397. The van der Waals surface area contributed by atoms with E-state index in [1.54, 1.807) is 37.3 Å². The fraction of sp³-hybridized carbons (Fsp3) is 0.333. The number of rotatable bonds is 7. The summed E-state index contributed by atoms with van der Waals surface area (Å²) in [6.45, 7) is 3.00. The van der Waals surface area contributed by atoms with Crippen LogP contribution in [0.2, 0.25) is 0 Å². The van der Waals surface area contributed by atoms with Crippen molar-refractivity contribution in [2.24, 2.45) is 0 Å². The third-order valence-electron chi connectivity index (χ3n) is 3.49. The molecule has 1 aromatic heterocycles. The monoisotopic (exact) mass is 357 g/mol. The number of nitrogens with one attached hydrogen (secondary N) is 2. The molecule has 2 N–H and O–H groups in total. The van der Waals surface area contributed by atoms with Crippen molar-refractivity contribution >= 4 is 23.4 Å². The molecule has 0 aliphatic rings. The van der Waals surface area contributed by atoms with E-state index in [0.29, 0.717) is 29.4 Å². The van der Waals surface area contributed by atoms with Gasteiger partial charge in [-0.25, -0.2) is 14.8 Å². The summed E-state index contributed by atoms with van der Waals surface area (Å²) in [6, 6.07) is 8.36. The van der Waals surface area contributed by atoms with Gasteiger partial charge >= 0.3 is 5.97 Å². The zero-order chi connectivity index (χ0) is 19.1. The summed E-state index contributed by atoms with van der Waals surface area (Å²) in [5.41, 5.74) is 1.48. The summed E-state index contributed by atoms with van der Waals surface area (Å²) >= 11 is 0. The molecule has 8 heteroatoms. The standard InChI is InChI=1S/C18H23N5O3/c1-12-20-15(17(24)19-9-10-23(2)3)11-16(21-12)22-14-7-5-13(6-8-14)18(25)26-4/h5-8,11H,9-10H2,1-4H3,(H,19,24)(H,20,21,22). The van der Waals surface area contributed by atoms with E-state index in [4.69, 9.17) is 0 Å². The van der Waals surface area contributed by atoms with Crippen molar-refractivity contribution in [1.29, 1.82) is 0 Å². The highest BCUT2D eigenvalue weighted by Crippen LogP contribution is 2.16. The molecule has 1 heterocycles. The van der Waals surface area contributed by atoms with E-state index < -0.39 is 5.97 Å². The van der Waals surface area contributed by atoms with Crippen molar-refractivity contribution in [3.05, 3.63) is 47.4 Å². The van der Waals surface area contributed by atoms with E-state index in [1.807, 2.05) is 19.0 Å². The maximum absolute atomic E-state index is 12.2. The van der Waals surface area contributed by atoms with Gasteiger partial charge in [0.25, 0.3) is 5.91 Å². The fourth-order valence-corrected chi connectivity index (χ4v) is 2.19. The Morgan fingerprint density at radius 1 is 1.15 bits per heavy atom. The van der Waals surface area contributed by atoms with Crippen LogP contribution in [0.15, 0.2) is 30.3 Å². The molecule has 0 aliphatic heterocycles. The number of hydrogen-bond donors (Lipinski definition) is 2. The summed E-state index contributed by atoms with van der Waals surface area (Å²) in [4.78, 5) is 34.2. The smallest absolute Gasteiger partial charge is 0.337 e. The highest BCUT2D eigenvalue weighted by Gasteiger charge is 2.11. The second-order valence-electron chi connectivity index (χ2n) is 5.94. The molecule has 0 unspecified atom stereocenters. The fourth-order valence-electron chi connectivity index (χ4n) is 2.19. The Morgan fingerprint density at radius 3 is 2.46 bits per heavy atom. The summed E-state index contributed by atoms with van der Waals surface area (Å²) in [7, 11) is 5.21. The van der Waals surface area contributed by atoms with Gasteiger partial charge < -0.3 is 20.3 Å². The topological polar surface area (TPSA) is 96.4 Å². The van der Waals surface area contributed by atoms with Crippen molar-refractivity contribution in [2.45, 2.75) is 6.92 Å². The van der Waals surface area contributed by atoms with E-state index in [0.717, 1.165) is 12.2 Å². The average Bonchev–Trinajstić information content (AvgIpc) is 2.60. The van der Waals surface area contributed by atoms with Gasteiger partial charge in [-0.3, -0.25) is 4.79 Å². The third-order valence-corrected chi connectivity index (χ3v) is 3.49. The van der Waals surface area contributed by atoms with Gasteiger partial charge in [0.2, 0.25) is 0 Å². The second kappa shape index (κ2) is 8.91. The summed E-state index contributed by atoms with van der Waals surface area (Å²) in [5, 5.41) is 5.93. The van der Waals surface area contributed by atoms with Crippen LogP contribution in [0, 0.1) is 6.92 Å². The Morgan fingerprint density at radius 2 is 1.85 bits per heavy atom. The van der Waals surface area contributed by atoms with E-state index >= 15 is 0 Å². The van der Waals surface area contributed by atoms with Gasteiger partial charge in [-0.15, -0.1) is 0 Å². The lowest BCUT2D eigenvalue weighted by atomic mass is 10.2. The number of carbonyl (C=O) groups excluding carboxylic acids is 2. The zero-order valence-electron chi connectivity index (χ0n) is 15.4. The number of carbonyl (C=O) groups is 2. The number of likely N-dealkylation sites (N-methyl/N-ethyl adjacent to an activating group) is 1. The van der Waals surface area contributed by atoms with Gasteiger partial charge in [-0.2, -0.15) is 0 Å². The van der Waals surface area contributed by atoms with Crippen molar-refractivity contribution in [3.8, 4) is 0 Å². The molecule has 1 aromatic carbocycles. The molecule has 0 saturated heterocycles. The maximum atomic E-state index is 12.2. The van der Waals surface area contributed by atoms with Crippen LogP contribution in [0.5, 0.6) is 0 Å². The van der Waals surface area contributed by atoms with E-state index in [1.165, 1.54) is 7.11 Å². The number of anilines is 2. The van der Waals surface area contributed by atoms with Gasteiger partial charge in [0, 0.05) is 24.8 Å². The molecule has 0 bridgehead atoms. The molecule has 26 heavy (non-hydrogen) atoms. The van der Waals surface area contributed by atoms with Crippen LogP contribution >= 0.6 is 0 Å².